The molecule has 6 heteroatoms. The number of carbonyl (C=O) groups is 1. The molecule has 180 valence electrons. The summed E-state index contributed by atoms with van der Waals surface area (Å²) in [6, 6.07) is 20.9. The van der Waals surface area contributed by atoms with Crippen LogP contribution in [-0.4, -0.2) is 45.5 Å². The van der Waals surface area contributed by atoms with Crippen molar-refractivity contribution in [1.82, 2.24) is 0 Å². The summed E-state index contributed by atoms with van der Waals surface area (Å²) >= 11 is 0. The van der Waals surface area contributed by atoms with Crippen molar-refractivity contribution in [3.05, 3.63) is 60.7 Å². The summed E-state index contributed by atoms with van der Waals surface area (Å²) in [6.45, 7) is 13.2. The van der Waals surface area contributed by atoms with Crippen LogP contribution in [0.15, 0.2) is 60.7 Å². The number of carbonyl (C=O) groups excluding carboxylic acids is 1. The molecule has 33 heavy (non-hydrogen) atoms. The molecule has 1 fully saturated rings. The summed E-state index contributed by atoms with van der Waals surface area (Å²) in [7, 11) is -2.81. The van der Waals surface area contributed by atoms with Crippen LogP contribution in [0.25, 0.3) is 0 Å². The van der Waals surface area contributed by atoms with Gasteiger partial charge in [0.25, 0.3) is 8.32 Å². The van der Waals surface area contributed by atoms with Gasteiger partial charge in [-0.2, -0.15) is 0 Å². The maximum Gasteiger partial charge on any atom is 0.308 e. The maximum absolute atomic E-state index is 12.6. The zero-order valence-corrected chi connectivity index (χ0v) is 21.8. The molecule has 0 N–H and O–H groups in total. The van der Waals surface area contributed by atoms with E-state index in [0.29, 0.717) is 19.6 Å². The smallest absolute Gasteiger partial charge is 0.308 e. The molecule has 0 bridgehead atoms. The van der Waals surface area contributed by atoms with Crippen LogP contribution in [0, 0.1) is 0 Å². The quantitative estimate of drug-likeness (QED) is 0.401. The second-order valence-corrected chi connectivity index (χ2v) is 14.4. The molecule has 2 aromatic rings. The topological polar surface area (TPSA) is 54.0 Å². The van der Waals surface area contributed by atoms with E-state index in [1.54, 1.807) is 0 Å². The zero-order valence-electron chi connectivity index (χ0n) is 20.8. The Hall–Kier alpha value is -1.99. The van der Waals surface area contributed by atoms with Crippen molar-refractivity contribution in [3.8, 4) is 0 Å². The Labute approximate surface area is 199 Å². The van der Waals surface area contributed by atoms with Gasteiger partial charge in [0.05, 0.1) is 31.8 Å². The first-order chi connectivity index (χ1) is 15.6. The van der Waals surface area contributed by atoms with Crippen molar-refractivity contribution < 1.29 is 23.4 Å². The van der Waals surface area contributed by atoms with E-state index in [4.69, 9.17) is 18.6 Å². The summed E-state index contributed by atoms with van der Waals surface area (Å²) in [5.41, 5.74) is 0. The minimum atomic E-state index is -2.81. The van der Waals surface area contributed by atoms with Gasteiger partial charge in [-0.25, -0.2) is 0 Å². The molecule has 0 aliphatic carbocycles. The second-order valence-electron chi connectivity index (χ2n) is 10.1. The Bertz CT molecular complexity index is 852. The van der Waals surface area contributed by atoms with E-state index >= 15 is 0 Å². The highest BCUT2D eigenvalue weighted by atomic mass is 28.4. The standard InChI is InChI=1S/C27H38O5Si/c1-7-29-25(28)19-21(18-22-20-30-27(5,6)31-22)32-33(26(2,3)4,23-14-10-8-11-15-23)24-16-12-9-13-17-24/h8-17,21-22H,7,18-20H2,1-6H3/t21-,22-/m1/s1. The Morgan fingerprint density at radius 2 is 1.61 bits per heavy atom. The molecule has 3 rings (SSSR count). The molecule has 0 radical (unpaired) electrons. The lowest BCUT2D eigenvalue weighted by molar-refractivity contribution is -0.147. The van der Waals surface area contributed by atoms with Crippen LogP contribution in [0.3, 0.4) is 0 Å². The van der Waals surface area contributed by atoms with E-state index in [2.05, 4.69) is 69.3 Å². The van der Waals surface area contributed by atoms with E-state index in [-0.39, 0.29) is 29.6 Å². The molecule has 5 nitrogen and oxygen atoms in total. The average molecular weight is 471 g/mol. The van der Waals surface area contributed by atoms with Gasteiger partial charge >= 0.3 is 5.97 Å². The lowest BCUT2D eigenvalue weighted by atomic mass is 10.1. The van der Waals surface area contributed by atoms with Gasteiger partial charge in [-0.1, -0.05) is 81.4 Å². The molecule has 0 unspecified atom stereocenters. The molecule has 2 aromatic carbocycles. The van der Waals surface area contributed by atoms with Gasteiger partial charge in [-0.15, -0.1) is 0 Å². The molecule has 1 aliphatic rings. The first-order valence-corrected chi connectivity index (χ1v) is 13.7. The summed E-state index contributed by atoms with van der Waals surface area (Å²) in [6.07, 6.45) is 0.237. The number of rotatable bonds is 9. The number of benzene rings is 2. The third-order valence-electron chi connectivity index (χ3n) is 6.05. The minimum Gasteiger partial charge on any atom is -0.466 e. The molecular formula is C27H38O5Si. The van der Waals surface area contributed by atoms with Gasteiger partial charge in [-0.05, 0) is 36.2 Å². The fraction of sp³-hybridized carbons (Fsp3) is 0.519. The highest BCUT2D eigenvalue weighted by Gasteiger charge is 2.52. The van der Waals surface area contributed by atoms with E-state index in [1.165, 1.54) is 10.4 Å². The second kappa shape index (κ2) is 10.5. The van der Waals surface area contributed by atoms with Crippen molar-refractivity contribution in [2.75, 3.05) is 13.2 Å². The molecule has 1 heterocycles. The molecule has 0 aromatic heterocycles. The highest BCUT2D eigenvalue weighted by molar-refractivity contribution is 6.99. The van der Waals surface area contributed by atoms with Crippen LogP contribution in [0.4, 0.5) is 0 Å². The third-order valence-corrected chi connectivity index (χ3v) is 11.1. The summed E-state index contributed by atoms with van der Waals surface area (Å²) in [5.74, 6) is -0.880. The molecule has 0 spiro atoms. The van der Waals surface area contributed by atoms with Crippen LogP contribution in [0.5, 0.6) is 0 Å². The van der Waals surface area contributed by atoms with Gasteiger partial charge in [0.2, 0.25) is 0 Å². The predicted molar refractivity (Wildman–Crippen MR) is 133 cm³/mol. The summed E-state index contributed by atoms with van der Waals surface area (Å²) in [5, 5.41) is 2.18. The Kier molecular flexibility index (Phi) is 8.16. The predicted octanol–water partition coefficient (Wildman–Crippen LogP) is 4.43. The van der Waals surface area contributed by atoms with E-state index < -0.39 is 14.1 Å². The van der Waals surface area contributed by atoms with Gasteiger partial charge in [0.15, 0.2) is 5.79 Å². The van der Waals surface area contributed by atoms with Crippen LogP contribution in [-0.2, 0) is 23.4 Å². The van der Waals surface area contributed by atoms with Crippen molar-refractivity contribution in [2.24, 2.45) is 0 Å². The van der Waals surface area contributed by atoms with Gasteiger partial charge in [0, 0.05) is 6.42 Å². The zero-order chi connectivity index (χ0) is 24.1. The molecular weight excluding hydrogens is 432 g/mol. The maximum atomic E-state index is 12.6. The fourth-order valence-corrected chi connectivity index (χ4v) is 9.39. The highest BCUT2D eigenvalue weighted by Crippen LogP contribution is 2.39. The van der Waals surface area contributed by atoms with Gasteiger partial charge in [-0.3, -0.25) is 4.79 Å². The van der Waals surface area contributed by atoms with E-state index in [1.807, 2.05) is 32.9 Å². The van der Waals surface area contributed by atoms with Gasteiger partial charge < -0.3 is 18.6 Å². The molecule has 0 saturated carbocycles. The van der Waals surface area contributed by atoms with Gasteiger partial charge in [0.1, 0.15) is 0 Å². The van der Waals surface area contributed by atoms with Crippen molar-refractivity contribution in [1.29, 1.82) is 0 Å². The summed E-state index contributed by atoms with van der Waals surface area (Å²) in [4.78, 5) is 12.6. The van der Waals surface area contributed by atoms with E-state index in [0.717, 1.165) is 0 Å². The van der Waals surface area contributed by atoms with Crippen LogP contribution in [0.2, 0.25) is 5.04 Å². The number of esters is 1. The number of hydrogen-bond acceptors (Lipinski definition) is 5. The van der Waals surface area contributed by atoms with Crippen LogP contribution < -0.4 is 10.4 Å². The largest absolute Gasteiger partial charge is 0.466 e. The average Bonchev–Trinajstić information content (AvgIpc) is 3.10. The Morgan fingerprint density at radius 1 is 1.06 bits per heavy atom. The monoisotopic (exact) mass is 470 g/mol. The lowest BCUT2D eigenvalue weighted by Crippen LogP contribution is -2.68. The molecule has 1 aliphatic heterocycles. The summed E-state index contributed by atoms with van der Waals surface area (Å²) < 4.78 is 24.4. The Balaban J connectivity index is 2.05. The normalized spacial score (nSPS) is 19.3. The van der Waals surface area contributed by atoms with Crippen molar-refractivity contribution >= 4 is 24.7 Å². The fourth-order valence-electron chi connectivity index (χ4n) is 4.69. The number of ether oxygens (including phenoxy) is 3. The molecule has 0 amide bonds. The minimum absolute atomic E-state index is 0.141. The first-order valence-electron chi connectivity index (χ1n) is 11.8. The molecule has 2 atom stereocenters. The Morgan fingerprint density at radius 3 is 2.03 bits per heavy atom. The van der Waals surface area contributed by atoms with Crippen molar-refractivity contribution in [3.63, 3.8) is 0 Å². The van der Waals surface area contributed by atoms with Crippen LogP contribution in [0.1, 0.15) is 54.4 Å². The first kappa shape index (κ1) is 25.6. The third kappa shape index (κ3) is 6.12. The SMILES string of the molecule is CCOC(=O)C[C@@H](C[C@@H]1COC(C)(C)O1)O[Si](c1ccccc1)(c1ccccc1)C(C)(C)C. The molecule has 1 saturated heterocycles. The van der Waals surface area contributed by atoms with Crippen LogP contribution >= 0.6 is 0 Å². The number of hydrogen-bond donors (Lipinski definition) is 0. The lowest BCUT2D eigenvalue weighted by Gasteiger charge is -2.45. The van der Waals surface area contributed by atoms with Crippen molar-refractivity contribution in [2.45, 2.75) is 77.4 Å². The van der Waals surface area contributed by atoms with E-state index in [9.17, 15) is 4.79 Å².